The van der Waals surface area contributed by atoms with E-state index in [4.69, 9.17) is 0 Å². The van der Waals surface area contributed by atoms with Gasteiger partial charge in [-0.05, 0) is 30.6 Å². The van der Waals surface area contributed by atoms with Crippen LogP contribution in [0.15, 0.2) is 0 Å². The molecule has 1 aliphatic heterocycles. The lowest BCUT2D eigenvalue weighted by Gasteiger charge is -2.36. The molecule has 0 aromatic carbocycles. The first-order valence-corrected chi connectivity index (χ1v) is 9.10. The monoisotopic (exact) mass is 335 g/mol. The van der Waals surface area contributed by atoms with Crippen LogP contribution in [-0.2, 0) is 14.8 Å². The van der Waals surface area contributed by atoms with Gasteiger partial charge >= 0.3 is 0 Å². The molecule has 2 aliphatic carbocycles. The maximum atomic E-state index is 12.3. The Morgan fingerprint density at radius 2 is 2.11 bits per heavy atom. The lowest BCUT2D eigenvalue weighted by molar-refractivity contribution is -0.126. The summed E-state index contributed by atoms with van der Waals surface area (Å²) < 4.78 is 25.9. The average molecular weight is 336 g/mol. The topological polar surface area (TPSA) is 54.5 Å². The van der Waals surface area contributed by atoms with E-state index in [1.165, 1.54) is 4.31 Å². The third-order valence-corrected chi connectivity index (χ3v) is 8.19. The van der Waals surface area contributed by atoms with E-state index in [0.717, 1.165) is 19.3 Å². The number of halogens is 1. The van der Waals surface area contributed by atoms with Gasteiger partial charge in [-0.2, -0.15) is 0 Å². The Labute approximate surface area is 116 Å². The molecule has 0 unspecified atom stereocenters. The zero-order valence-electron chi connectivity index (χ0n) is 10.6. The summed E-state index contributed by atoms with van der Waals surface area (Å²) in [6, 6.07) is -0.0960. The number of alkyl halides is 1. The van der Waals surface area contributed by atoms with Gasteiger partial charge in [-0.15, -0.1) is 0 Å². The van der Waals surface area contributed by atoms with Crippen LogP contribution in [0, 0.1) is 16.7 Å². The van der Waals surface area contributed by atoms with Crippen LogP contribution in [0.25, 0.3) is 0 Å². The first-order valence-electron chi connectivity index (χ1n) is 6.37. The molecule has 1 saturated heterocycles. The van der Waals surface area contributed by atoms with E-state index in [9.17, 15) is 13.2 Å². The summed E-state index contributed by atoms with van der Waals surface area (Å²) in [5, 5.41) is 0.0872. The van der Waals surface area contributed by atoms with Gasteiger partial charge in [0.1, 0.15) is 0 Å². The van der Waals surface area contributed by atoms with E-state index in [1.807, 2.05) is 0 Å². The van der Waals surface area contributed by atoms with Gasteiger partial charge in [0.15, 0.2) is 0 Å². The molecule has 0 aromatic rings. The molecule has 3 atom stereocenters. The molecule has 1 spiro atoms. The van der Waals surface area contributed by atoms with E-state index in [-0.39, 0.29) is 33.9 Å². The van der Waals surface area contributed by atoms with Crippen molar-refractivity contribution in [3.05, 3.63) is 0 Å². The van der Waals surface area contributed by atoms with Crippen LogP contribution in [0.5, 0.6) is 0 Å². The molecular weight excluding hydrogens is 318 g/mol. The molecule has 0 radical (unpaired) electrons. The van der Waals surface area contributed by atoms with Crippen molar-refractivity contribution in [1.82, 2.24) is 4.31 Å². The van der Waals surface area contributed by atoms with Gasteiger partial charge in [0.05, 0.1) is 17.1 Å². The lowest BCUT2D eigenvalue weighted by Crippen LogP contribution is -2.44. The smallest absolute Gasteiger partial charge is 0.246 e. The number of carbonyl (C=O) groups is 1. The summed E-state index contributed by atoms with van der Waals surface area (Å²) in [7, 11) is -3.42. The first kappa shape index (κ1) is 12.9. The molecule has 4 nitrogen and oxygen atoms in total. The van der Waals surface area contributed by atoms with Crippen molar-refractivity contribution in [2.24, 2.45) is 16.7 Å². The number of hydrogen-bond acceptors (Lipinski definition) is 3. The second-order valence-corrected chi connectivity index (χ2v) is 8.85. The van der Waals surface area contributed by atoms with Crippen molar-refractivity contribution in [3.8, 4) is 0 Å². The second kappa shape index (κ2) is 3.51. The second-order valence-electron chi connectivity index (χ2n) is 6.44. The molecule has 3 fully saturated rings. The summed E-state index contributed by atoms with van der Waals surface area (Å²) in [6.45, 7) is 4.37. The minimum Gasteiger partial charge on any atom is -0.273 e. The molecule has 2 bridgehead atoms. The van der Waals surface area contributed by atoms with Crippen LogP contribution in [0.1, 0.15) is 33.1 Å². The molecule has 0 aromatic heterocycles. The predicted molar refractivity (Wildman–Crippen MR) is 71.8 cm³/mol. The van der Waals surface area contributed by atoms with Crippen molar-refractivity contribution in [2.45, 2.75) is 39.2 Å². The van der Waals surface area contributed by atoms with E-state index in [2.05, 4.69) is 29.8 Å². The van der Waals surface area contributed by atoms with E-state index >= 15 is 0 Å². The maximum Gasteiger partial charge on any atom is 0.246 e. The van der Waals surface area contributed by atoms with Crippen molar-refractivity contribution < 1.29 is 13.2 Å². The van der Waals surface area contributed by atoms with Crippen molar-refractivity contribution in [3.63, 3.8) is 0 Å². The molecule has 3 aliphatic rings. The van der Waals surface area contributed by atoms with Crippen LogP contribution in [0.2, 0.25) is 0 Å². The highest BCUT2D eigenvalue weighted by atomic mass is 79.9. The number of hydrogen-bond donors (Lipinski definition) is 0. The number of fused-ring (bicyclic) bond motifs is 1. The van der Waals surface area contributed by atoms with Crippen molar-refractivity contribution in [1.29, 1.82) is 0 Å². The molecule has 1 amide bonds. The average Bonchev–Trinajstić information content (AvgIpc) is 2.74. The van der Waals surface area contributed by atoms with Crippen LogP contribution >= 0.6 is 15.9 Å². The Morgan fingerprint density at radius 1 is 1.44 bits per heavy atom. The number of carbonyl (C=O) groups excluding carboxylic acids is 1. The Bertz CT molecular complexity index is 515. The molecule has 0 N–H and O–H groups in total. The van der Waals surface area contributed by atoms with Crippen LogP contribution < -0.4 is 0 Å². The Balaban J connectivity index is 2.11. The van der Waals surface area contributed by atoms with Gasteiger partial charge in [-0.1, -0.05) is 29.8 Å². The Morgan fingerprint density at radius 3 is 2.67 bits per heavy atom. The molecule has 6 heteroatoms. The van der Waals surface area contributed by atoms with E-state index in [1.54, 1.807) is 0 Å². The molecule has 18 heavy (non-hydrogen) atoms. The standard InChI is InChI=1S/C12H18BrNO3S/c1-11(2)8-3-4-12(11)7-18(16,17)14(9(12)5-8)10(15)6-13/h8-9H,3-7H2,1-2H3/t8-,9-,12-/m0/s1. The summed E-state index contributed by atoms with van der Waals surface area (Å²) in [4.78, 5) is 12.0. The van der Waals surface area contributed by atoms with Crippen molar-refractivity contribution in [2.75, 3.05) is 11.1 Å². The minimum absolute atomic E-state index is 0.0338. The molecule has 1 heterocycles. The number of nitrogens with zero attached hydrogens (tertiary/aromatic N) is 1. The lowest BCUT2D eigenvalue weighted by atomic mass is 9.69. The summed E-state index contributed by atoms with van der Waals surface area (Å²) >= 11 is 3.10. The zero-order valence-corrected chi connectivity index (χ0v) is 13.1. The van der Waals surface area contributed by atoms with Gasteiger partial charge in [0.2, 0.25) is 15.9 Å². The van der Waals surface area contributed by atoms with Gasteiger partial charge in [0, 0.05) is 5.41 Å². The fourth-order valence-electron chi connectivity index (χ4n) is 4.68. The van der Waals surface area contributed by atoms with E-state index < -0.39 is 10.0 Å². The van der Waals surface area contributed by atoms with Gasteiger partial charge in [-0.25, -0.2) is 12.7 Å². The largest absolute Gasteiger partial charge is 0.273 e. The fraction of sp³-hybridized carbons (Fsp3) is 0.917. The minimum atomic E-state index is -3.42. The molecule has 3 rings (SSSR count). The third-order valence-electron chi connectivity index (χ3n) is 5.77. The number of amides is 1. The summed E-state index contributed by atoms with van der Waals surface area (Å²) in [5.41, 5.74) is -0.166. The first-order chi connectivity index (χ1) is 8.26. The van der Waals surface area contributed by atoms with Crippen LogP contribution in [0.3, 0.4) is 0 Å². The van der Waals surface area contributed by atoms with Crippen molar-refractivity contribution >= 4 is 31.9 Å². The highest BCUT2D eigenvalue weighted by Gasteiger charge is 2.72. The Kier molecular flexibility index (Phi) is 2.52. The Hall–Kier alpha value is -0.100. The highest BCUT2D eigenvalue weighted by molar-refractivity contribution is 9.09. The molecule has 2 saturated carbocycles. The summed E-state index contributed by atoms with van der Waals surface area (Å²) in [6.07, 6.45) is 2.90. The summed E-state index contributed by atoms with van der Waals surface area (Å²) in [5.74, 6) is 0.413. The quantitative estimate of drug-likeness (QED) is 0.686. The van der Waals surface area contributed by atoms with Gasteiger partial charge in [0.25, 0.3) is 0 Å². The number of rotatable bonds is 1. The zero-order chi connectivity index (χ0) is 13.3. The predicted octanol–water partition coefficient (Wildman–Crippen LogP) is 1.75. The molecule has 102 valence electrons. The van der Waals surface area contributed by atoms with E-state index in [0.29, 0.717) is 5.92 Å². The van der Waals surface area contributed by atoms with Crippen LogP contribution in [0.4, 0.5) is 0 Å². The molecular formula is C12H18BrNO3S. The van der Waals surface area contributed by atoms with Crippen LogP contribution in [-0.4, -0.2) is 35.8 Å². The third kappa shape index (κ3) is 1.26. The normalized spacial score (nSPS) is 43.2. The highest BCUT2D eigenvalue weighted by Crippen LogP contribution is 2.69. The SMILES string of the molecule is CC1(C)[C@H]2CC[C@@]13CS(=O)(=O)N(C(=O)CBr)[C@H]3C2. The van der Waals surface area contributed by atoms with Gasteiger partial charge < -0.3 is 0 Å². The van der Waals surface area contributed by atoms with Gasteiger partial charge in [-0.3, -0.25) is 4.79 Å². The maximum absolute atomic E-state index is 12.3. The fourth-order valence-corrected chi connectivity index (χ4v) is 7.66. The number of sulfonamides is 1.